The third-order valence-corrected chi connectivity index (χ3v) is 6.20. The number of ether oxygens (including phenoxy) is 2. The molecular formula is C27H21ClN2O6S. The van der Waals surface area contributed by atoms with Crippen molar-refractivity contribution in [3.8, 4) is 11.5 Å². The summed E-state index contributed by atoms with van der Waals surface area (Å²) in [5, 5.41) is 2.51. The molecule has 0 bridgehead atoms. The zero-order chi connectivity index (χ0) is 26.4. The minimum Gasteiger partial charge on any atom is -0.490 e. The van der Waals surface area contributed by atoms with Gasteiger partial charge >= 0.3 is 5.97 Å². The Hall–Kier alpha value is -4.08. The van der Waals surface area contributed by atoms with E-state index in [-0.39, 0.29) is 22.0 Å². The van der Waals surface area contributed by atoms with Crippen molar-refractivity contribution in [3.63, 3.8) is 0 Å². The number of rotatable bonds is 8. The van der Waals surface area contributed by atoms with Crippen molar-refractivity contribution in [1.82, 2.24) is 4.90 Å². The summed E-state index contributed by atoms with van der Waals surface area (Å²) in [7, 11) is 0. The average Bonchev–Trinajstić information content (AvgIpc) is 3.13. The Bertz CT molecular complexity index is 1390. The molecule has 1 N–H and O–H groups in total. The monoisotopic (exact) mass is 536 g/mol. The Balaban J connectivity index is 1.48. The molecule has 0 spiro atoms. The van der Waals surface area contributed by atoms with E-state index in [0.29, 0.717) is 22.9 Å². The minimum atomic E-state index is -0.605. The highest BCUT2D eigenvalue weighted by molar-refractivity contribution is 8.18. The maximum atomic E-state index is 12.8. The molecule has 0 atom stereocenters. The lowest BCUT2D eigenvalue weighted by atomic mass is 10.1. The van der Waals surface area contributed by atoms with E-state index in [4.69, 9.17) is 21.1 Å². The first kappa shape index (κ1) is 26.0. The first-order valence-electron chi connectivity index (χ1n) is 11.2. The second-order valence-electron chi connectivity index (χ2n) is 7.72. The Labute approximate surface area is 222 Å². The van der Waals surface area contributed by atoms with Crippen LogP contribution in [0, 0.1) is 0 Å². The lowest BCUT2D eigenvalue weighted by molar-refractivity contribution is -0.127. The number of amides is 3. The van der Waals surface area contributed by atoms with E-state index in [2.05, 4.69) is 5.32 Å². The van der Waals surface area contributed by atoms with Crippen molar-refractivity contribution in [2.24, 2.45) is 0 Å². The summed E-state index contributed by atoms with van der Waals surface area (Å²) < 4.78 is 11.1. The van der Waals surface area contributed by atoms with Crippen LogP contribution < -0.4 is 14.8 Å². The van der Waals surface area contributed by atoms with Crippen molar-refractivity contribution in [1.29, 1.82) is 0 Å². The summed E-state index contributed by atoms with van der Waals surface area (Å²) in [5.41, 5.74) is 1.39. The molecule has 0 unspecified atom stereocenters. The van der Waals surface area contributed by atoms with Crippen molar-refractivity contribution >= 4 is 58.1 Å². The van der Waals surface area contributed by atoms with Crippen LogP contribution in [0.5, 0.6) is 11.5 Å². The average molecular weight is 537 g/mol. The Morgan fingerprint density at radius 1 is 1.00 bits per heavy atom. The van der Waals surface area contributed by atoms with Gasteiger partial charge in [-0.25, -0.2) is 4.79 Å². The number of carbonyl (C=O) groups is 4. The quantitative estimate of drug-likeness (QED) is 0.226. The van der Waals surface area contributed by atoms with E-state index in [1.807, 2.05) is 6.07 Å². The summed E-state index contributed by atoms with van der Waals surface area (Å²) in [6, 6.07) is 19.9. The van der Waals surface area contributed by atoms with Gasteiger partial charge < -0.3 is 14.8 Å². The summed E-state index contributed by atoms with van der Waals surface area (Å²) in [5.74, 6) is -1.19. The predicted octanol–water partition coefficient (Wildman–Crippen LogP) is 5.63. The molecule has 0 aromatic heterocycles. The Morgan fingerprint density at radius 3 is 2.51 bits per heavy atom. The molecule has 0 saturated carbocycles. The van der Waals surface area contributed by atoms with Crippen LogP contribution in [0.2, 0.25) is 5.02 Å². The molecule has 0 radical (unpaired) electrons. The van der Waals surface area contributed by atoms with Crippen LogP contribution in [0.4, 0.5) is 10.5 Å². The molecule has 4 rings (SSSR count). The first-order chi connectivity index (χ1) is 17.8. The van der Waals surface area contributed by atoms with Crippen LogP contribution in [0.25, 0.3) is 6.08 Å². The standard InChI is InChI=1S/C27H21ClN2O6S/c1-2-35-22-13-17(11-12-21(22)36-26(33)18-7-6-8-19(28)15-18)14-23-25(32)30(27(34)37-23)16-24(31)29-20-9-4-3-5-10-20/h3-15H,2,16H2,1H3,(H,29,31)/b23-14-. The van der Waals surface area contributed by atoms with Crippen molar-refractivity contribution < 1.29 is 28.7 Å². The number of benzene rings is 3. The van der Waals surface area contributed by atoms with Gasteiger partial charge in [0.15, 0.2) is 11.5 Å². The number of anilines is 1. The largest absolute Gasteiger partial charge is 0.490 e. The molecule has 1 fully saturated rings. The van der Waals surface area contributed by atoms with Gasteiger partial charge in [-0.15, -0.1) is 0 Å². The number of imide groups is 1. The van der Waals surface area contributed by atoms with E-state index in [0.717, 1.165) is 16.7 Å². The number of hydrogen-bond acceptors (Lipinski definition) is 7. The zero-order valence-electron chi connectivity index (χ0n) is 19.6. The molecular weight excluding hydrogens is 516 g/mol. The molecule has 1 aliphatic rings. The van der Waals surface area contributed by atoms with Crippen LogP contribution in [-0.2, 0) is 9.59 Å². The zero-order valence-corrected chi connectivity index (χ0v) is 21.2. The molecule has 0 aliphatic carbocycles. The highest BCUT2D eigenvalue weighted by Gasteiger charge is 2.36. The fourth-order valence-electron chi connectivity index (χ4n) is 3.39. The third-order valence-electron chi connectivity index (χ3n) is 5.06. The number of hydrogen-bond donors (Lipinski definition) is 1. The highest BCUT2D eigenvalue weighted by Crippen LogP contribution is 2.35. The minimum absolute atomic E-state index is 0.156. The molecule has 1 heterocycles. The van der Waals surface area contributed by atoms with Gasteiger partial charge in [-0.05, 0) is 72.8 Å². The van der Waals surface area contributed by atoms with E-state index >= 15 is 0 Å². The number of nitrogens with one attached hydrogen (secondary N) is 1. The molecule has 1 aliphatic heterocycles. The van der Waals surface area contributed by atoms with E-state index < -0.39 is 29.6 Å². The molecule has 188 valence electrons. The molecule has 3 amide bonds. The topological polar surface area (TPSA) is 102 Å². The first-order valence-corrected chi connectivity index (χ1v) is 12.4. The Kier molecular flexibility index (Phi) is 8.27. The molecule has 37 heavy (non-hydrogen) atoms. The molecule has 1 saturated heterocycles. The van der Waals surface area contributed by atoms with Crippen LogP contribution >= 0.6 is 23.4 Å². The maximum absolute atomic E-state index is 12.8. The van der Waals surface area contributed by atoms with Gasteiger partial charge in [0.05, 0.1) is 17.1 Å². The third kappa shape index (κ3) is 6.58. The smallest absolute Gasteiger partial charge is 0.343 e. The number of carbonyl (C=O) groups excluding carboxylic acids is 4. The van der Waals surface area contributed by atoms with Crippen molar-refractivity contribution in [2.75, 3.05) is 18.5 Å². The van der Waals surface area contributed by atoms with Gasteiger partial charge in [0.25, 0.3) is 11.1 Å². The second kappa shape index (κ2) is 11.8. The summed E-state index contributed by atoms with van der Waals surface area (Å²) in [6.45, 7) is 1.68. The van der Waals surface area contributed by atoms with Gasteiger partial charge in [-0.1, -0.05) is 41.9 Å². The normalized spacial score (nSPS) is 14.1. The van der Waals surface area contributed by atoms with Gasteiger partial charge in [0, 0.05) is 10.7 Å². The van der Waals surface area contributed by atoms with Crippen LogP contribution in [-0.4, -0.2) is 41.1 Å². The number of thioether (sulfide) groups is 1. The lowest BCUT2D eigenvalue weighted by Crippen LogP contribution is -2.36. The van der Waals surface area contributed by atoms with Gasteiger partial charge in [-0.3, -0.25) is 19.3 Å². The molecule has 8 nitrogen and oxygen atoms in total. The molecule has 3 aromatic rings. The predicted molar refractivity (Wildman–Crippen MR) is 142 cm³/mol. The molecule has 3 aromatic carbocycles. The lowest BCUT2D eigenvalue weighted by Gasteiger charge is -2.12. The van der Waals surface area contributed by atoms with Gasteiger partial charge in [-0.2, -0.15) is 0 Å². The SMILES string of the molecule is CCOc1cc(/C=C2\SC(=O)N(CC(=O)Nc3ccccc3)C2=O)ccc1OC(=O)c1cccc(Cl)c1. The number of halogens is 1. The summed E-state index contributed by atoms with van der Waals surface area (Å²) in [6.07, 6.45) is 1.52. The van der Waals surface area contributed by atoms with E-state index in [1.165, 1.54) is 18.2 Å². The highest BCUT2D eigenvalue weighted by atomic mass is 35.5. The van der Waals surface area contributed by atoms with Crippen LogP contribution in [0.1, 0.15) is 22.8 Å². The maximum Gasteiger partial charge on any atom is 0.343 e. The number of nitrogens with zero attached hydrogens (tertiary/aromatic N) is 1. The summed E-state index contributed by atoms with van der Waals surface area (Å²) in [4.78, 5) is 51.2. The fraction of sp³-hybridized carbons (Fsp3) is 0.111. The van der Waals surface area contributed by atoms with Crippen LogP contribution in [0.15, 0.2) is 77.7 Å². The number of esters is 1. The Morgan fingerprint density at radius 2 is 1.78 bits per heavy atom. The van der Waals surface area contributed by atoms with Gasteiger partial charge in [0.2, 0.25) is 5.91 Å². The fourth-order valence-corrected chi connectivity index (χ4v) is 4.42. The van der Waals surface area contributed by atoms with E-state index in [1.54, 1.807) is 61.5 Å². The summed E-state index contributed by atoms with van der Waals surface area (Å²) >= 11 is 6.69. The van der Waals surface area contributed by atoms with E-state index in [9.17, 15) is 19.2 Å². The van der Waals surface area contributed by atoms with Crippen molar-refractivity contribution in [3.05, 3.63) is 93.9 Å². The molecule has 10 heteroatoms. The van der Waals surface area contributed by atoms with Crippen LogP contribution in [0.3, 0.4) is 0 Å². The second-order valence-corrected chi connectivity index (χ2v) is 9.15. The number of para-hydroxylation sites is 1. The van der Waals surface area contributed by atoms with Gasteiger partial charge in [0.1, 0.15) is 6.54 Å². The van der Waals surface area contributed by atoms with Crippen molar-refractivity contribution in [2.45, 2.75) is 6.92 Å².